The first-order valence-electron chi connectivity index (χ1n) is 10.4. The maximum absolute atomic E-state index is 10.4. The van der Waals surface area contributed by atoms with Crippen LogP contribution in [0.4, 0.5) is 0 Å². The monoisotopic (exact) mass is 409 g/mol. The molecule has 0 bridgehead atoms. The van der Waals surface area contributed by atoms with Crippen molar-refractivity contribution in [2.75, 3.05) is 39.4 Å². The van der Waals surface area contributed by atoms with Crippen LogP contribution in [-0.4, -0.2) is 67.6 Å². The van der Waals surface area contributed by atoms with E-state index >= 15 is 0 Å². The Morgan fingerprint density at radius 3 is 2.71 bits per heavy atom. The molecule has 1 aromatic carbocycles. The molecule has 156 valence electrons. The summed E-state index contributed by atoms with van der Waals surface area (Å²) in [6.07, 6.45) is 4.17. The van der Waals surface area contributed by atoms with E-state index < -0.39 is 6.10 Å². The lowest BCUT2D eigenvalue weighted by atomic mass is 10.1. The Balaban J connectivity index is 1.47. The number of hydrogen-bond acceptors (Lipinski definition) is 4. The maximum atomic E-state index is 10.4. The molecule has 2 fully saturated rings. The van der Waals surface area contributed by atoms with Gasteiger partial charge in [-0.25, -0.2) is 0 Å². The number of guanidine groups is 1. The second-order valence-corrected chi connectivity index (χ2v) is 7.85. The molecule has 2 atom stereocenters. The van der Waals surface area contributed by atoms with E-state index in [1.165, 1.54) is 0 Å². The van der Waals surface area contributed by atoms with Crippen LogP contribution in [0.15, 0.2) is 29.3 Å². The molecule has 0 aliphatic carbocycles. The fourth-order valence-corrected chi connectivity index (χ4v) is 3.77. The number of benzene rings is 1. The normalized spacial score (nSPS) is 22.5. The molecule has 2 unspecified atom stereocenters. The second kappa shape index (κ2) is 11.0. The first-order valence-corrected chi connectivity index (χ1v) is 10.7. The van der Waals surface area contributed by atoms with Crippen molar-refractivity contribution in [3.8, 4) is 0 Å². The number of aliphatic hydroxyl groups is 1. The third-order valence-corrected chi connectivity index (χ3v) is 5.54. The van der Waals surface area contributed by atoms with Gasteiger partial charge in [-0.2, -0.15) is 0 Å². The largest absolute Gasteiger partial charge is 0.386 e. The van der Waals surface area contributed by atoms with Gasteiger partial charge in [-0.05, 0) is 50.3 Å². The van der Waals surface area contributed by atoms with Gasteiger partial charge in [0.25, 0.3) is 0 Å². The molecule has 0 radical (unpaired) electrons. The highest BCUT2D eigenvalue weighted by Crippen LogP contribution is 2.19. The highest BCUT2D eigenvalue weighted by molar-refractivity contribution is 6.30. The van der Waals surface area contributed by atoms with Crippen molar-refractivity contribution in [2.45, 2.75) is 50.9 Å². The van der Waals surface area contributed by atoms with Crippen molar-refractivity contribution < 1.29 is 14.6 Å². The van der Waals surface area contributed by atoms with Crippen LogP contribution < -0.4 is 5.32 Å². The fourth-order valence-electron chi connectivity index (χ4n) is 3.64. The lowest BCUT2D eigenvalue weighted by Crippen LogP contribution is -2.47. The molecular weight excluding hydrogens is 378 g/mol. The molecule has 2 aliphatic heterocycles. The van der Waals surface area contributed by atoms with E-state index in [2.05, 4.69) is 22.1 Å². The molecule has 0 amide bonds. The van der Waals surface area contributed by atoms with Crippen LogP contribution in [0, 0.1) is 0 Å². The van der Waals surface area contributed by atoms with Gasteiger partial charge in [0.1, 0.15) is 0 Å². The smallest absolute Gasteiger partial charge is 0.194 e. The van der Waals surface area contributed by atoms with Crippen molar-refractivity contribution in [1.29, 1.82) is 0 Å². The standard InChI is InChI=1S/C21H32ClN3O3/c1-2-23-21(24-14-20(26)16-5-7-17(22)8-6-16)25-11-9-18(10-12-25)28-15-19-4-3-13-27-19/h5-8,18-20,26H,2-4,9-15H2,1H3,(H,23,24). The minimum absolute atomic E-state index is 0.284. The van der Waals surface area contributed by atoms with Gasteiger partial charge in [-0.3, -0.25) is 4.99 Å². The van der Waals surface area contributed by atoms with Crippen LogP contribution >= 0.6 is 11.6 Å². The maximum Gasteiger partial charge on any atom is 0.194 e. The number of halogens is 1. The molecule has 0 spiro atoms. The van der Waals surface area contributed by atoms with Crippen LogP contribution in [0.25, 0.3) is 0 Å². The molecule has 28 heavy (non-hydrogen) atoms. The molecule has 2 saturated heterocycles. The molecule has 7 heteroatoms. The molecular formula is C21H32ClN3O3. The van der Waals surface area contributed by atoms with E-state index in [1.807, 2.05) is 12.1 Å². The van der Waals surface area contributed by atoms with Gasteiger partial charge in [-0.15, -0.1) is 0 Å². The Kier molecular flexibility index (Phi) is 8.40. The summed E-state index contributed by atoms with van der Waals surface area (Å²) in [7, 11) is 0. The number of nitrogens with zero attached hydrogens (tertiary/aromatic N) is 2. The average molecular weight is 410 g/mol. The van der Waals surface area contributed by atoms with Gasteiger partial charge in [0.05, 0.1) is 31.5 Å². The van der Waals surface area contributed by atoms with Crippen LogP contribution in [-0.2, 0) is 9.47 Å². The number of rotatable bonds is 7. The van der Waals surface area contributed by atoms with Crippen molar-refractivity contribution in [2.24, 2.45) is 4.99 Å². The molecule has 2 heterocycles. The number of piperidine rings is 1. The van der Waals surface area contributed by atoms with E-state index in [4.69, 9.17) is 21.1 Å². The summed E-state index contributed by atoms with van der Waals surface area (Å²) in [5.41, 5.74) is 0.824. The molecule has 2 aliphatic rings. The molecule has 2 N–H and O–H groups in total. The summed E-state index contributed by atoms with van der Waals surface area (Å²) in [5.74, 6) is 0.855. The van der Waals surface area contributed by atoms with Crippen molar-refractivity contribution in [1.82, 2.24) is 10.2 Å². The Bertz CT molecular complexity index is 612. The molecule has 1 aromatic rings. The van der Waals surface area contributed by atoms with E-state index in [0.717, 1.165) is 63.4 Å². The number of hydrogen-bond donors (Lipinski definition) is 2. The number of aliphatic imine (C=N–C) groups is 1. The van der Waals surface area contributed by atoms with Gasteiger partial charge in [0, 0.05) is 31.3 Å². The van der Waals surface area contributed by atoms with Crippen LogP contribution in [0.5, 0.6) is 0 Å². The van der Waals surface area contributed by atoms with Crippen molar-refractivity contribution in [3.05, 3.63) is 34.9 Å². The Morgan fingerprint density at radius 1 is 1.32 bits per heavy atom. The number of ether oxygens (including phenoxy) is 2. The van der Waals surface area contributed by atoms with Gasteiger partial charge < -0.3 is 24.8 Å². The Hall–Kier alpha value is -1.34. The summed E-state index contributed by atoms with van der Waals surface area (Å²) in [5, 5.41) is 14.4. The van der Waals surface area contributed by atoms with E-state index in [0.29, 0.717) is 24.3 Å². The molecule has 0 aromatic heterocycles. The molecule has 6 nitrogen and oxygen atoms in total. The van der Waals surface area contributed by atoms with Gasteiger partial charge in [-0.1, -0.05) is 23.7 Å². The SMILES string of the molecule is CCNC(=NCC(O)c1ccc(Cl)cc1)N1CCC(OCC2CCCO2)CC1. The Morgan fingerprint density at radius 2 is 2.07 bits per heavy atom. The third-order valence-electron chi connectivity index (χ3n) is 5.29. The second-order valence-electron chi connectivity index (χ2n) is 7.42. The quantitative estimate of drug-likeness (QED) is 0.535. The zero-order chi connectivity index (χ0) is 19.8. The topological polar surface area (TPSA) is 66.3 Å². The lowest BCUT2D eigenvalue weighted by Gasteiger charge is -2.34. The van der Waals surface area contributed by atoms with Crippen LogP contribution in [0.3, 0.4) is 0 Å². The zero-order valence-electron chi connectivity index (χ0n) is 16.6. The van der Waals surface area contributed by atoms with E-state index in [1.54, 1.807) is 12.1 Å². The highest BCUT2D eigenvalue weighted by Gasteiger charge is 2.24. The van der Waals surface area contributed by atoms with Crippen molar-refractivity contribution >= 4 is 17.6 Å². The van der Waals surface area contributed by atoms with E-state index in [-0.39, 0.29) is 6.10 Å². The number of likely N-dealkylation sites (tertiary alicyclic amines) is 1. The number of aliphatic hydroxyl groups excluding tert-OH is 1. The predicted octanol–water partition coefficient (Wildman–Crippen LogP) is 3.00. The minimum Gasteiger partial charge on any atom is -0.386 e. The van der Waals surface area contributed by atoms with E-state index in [9.17, 15) is 5.11 Å². The van der Waals surface area contributed by atoms with Gasteiger partial charge >= 0.3 is 0 Å². The highest BCUT2D eigenvalue weighted by atomic mass is 35.5. The van der Waals surface area contributed by atoms with Gasteiger partial charge in [0.2, 0.25) is 0 Å². The summed E-state index contributed by atoms with van der Waals surface area (Å²) in [6.45, 7) is 6.56. The van der Waals surface area contributed by atoms with Crippen LogP contribution in [0.2, 0.25) is 5.02 Å². The first-order chi connectivity index (χ1) is 13.7. The average Bonchev–Trinajstić information content (AvgIpc) is 3.24. The summed E-state index contributed by atoms with van der Waals surface area (Å²) in [4.78, 5) is 6.91. The van der Waals surface area contributed by atoms with Crippen molar-refractivity contribution in [3.63, 3.8) is 0 Å². The third kappa shape index (κ3) is 6.34. The minimum atomic E-state index is -0.641. The Labute approximate surface area is 172 Å². The zero-order valence-corrected chi connectivity index (χ0v) is 17.4. The lowest BCUT2D eigenvalue weighted by molar-refractivity contribution is -0.0367. The van der Waals surface area contributed by atoms with Crippen LogP contribution in [0.1, 0.15) is 44.3 Å². The predicted molar refractivity (Wildman–Crippen MR) is 112 cm³/mol. The molecule has 0 saturated carbocycles. The van der Waals surface area contributed by atoms with Gasteiger partial charge in [0.15, 0.2) is 5.96 Å². The summed E-state index contributed by atoms with van der Waals surface area (Å²) >= 11 is 5.91. The fraction of sp³-hybridized carbons (Fsp3) is 0.667. The summed E-state index contributed by atoms with van der Waals surface area (Å²) in [6, 6.07) is 7.26. The number of nitrogens with one attached hydrogen (secondary N) is 1. The summed E-state index contributed by atoms with van der Waals surface area (Å²) < 4.78 is 11.7. The first kappa shape index (κ1) is 21.4. The molecule has 3 rings (SSSR count).